The van der Waals surface area contributed by atoms with Crippen molar-refractivity contribution in [1.29, 1.82) is 0 Å². The fourth-order valence-corrected chi connectivity index (χ4v) is 3.97. The second kappa shape index (κ2) is 19.4. The molecule has 0 unspecified atom stereocenters. The summed E-state index contributed by atoms with van der Waals surface area (Å²) in [6.45, 7) is 5.45. The third-order valence-corrected chi connectivity index (χ3v) is 6.88. The lowest BCUT2D eigenvalue weighted by Gasteiger charge is -2.08. The van der Waals surface area contributed by atoms with Gasteiger partial charge in [-0.25, -0.2) is 0 Å². The summed E-state index contributed by atoms with van der Waals surface area (Å²) in [7, 11) is 3.27. The SMILES string of the molecule is CCCBr.CCCOCc1cnc(-c2ccc(OC)cc2)c(Cl)c1.COc1ccc(-c2ncc(CO)cc2Cl)cc1. The molecule has 2 aromatic carbocycles. The second-order valence-corrected chi connectivity index (χ2v) is 10.3. The molecule has 0 saturated heterocycles. The van der Waals surface area contributed by atoms with Crippen molar-refractivity contribution in [3.05, 3.63) is 94.2 Å². The maximum absolute atomic E-state index is 8.98. The number of aliphatic hydroxyl groups is 1. The zero-order valence-electron chi connectivity index (χ0n) is 23.9. The molecular formula is C32H37BrCl2N2O4. The fraction of sp³-hybridized carbons (Fsp3) is 0.312. The summed E-state index contributed by atoms with van der Waals surface area (Å²) in [6.07, 6.45) is 5.66. The number of hydrogen-bond donors (Lipinski definition) is 1. The lowest BCUT2D eigenvalue weighted by atomic mass is 10.1. The first-order chi connectivity index (χ1) is 19.9. The van der Waals surface area contributed by atoms with Crippen LogP contribution >= 0.6 is 39.1 Å². The summed E-state index contributed by atoms with van der Waals surface area (Å²) in [5.74, 6) is 1.60. The highest BCUT2D eigenvalue weighted by atomic mass is 79.9. The zero-order valence-corrected chi connectivity index (χ0v) is 27.0. The normalized spacial score (nSPS) is 10.1. The molecule has 1 N–H and O–H groups in total. The number of rotatable bonds is 10. The van der Waals surface area contributed by atoms with Crippen LogP contribution in [0.25, 0.3) is 22.5 Å². The highest BCUT2D eigenvalue weighted by molar-refractivity contribution is 9.09. The van der Waals surface area contributed by atoms with E-state index in [2.05, 4.69) is 39.7 Å². The van der Waals surface area contributed by atoms with Crippen LogP contribution in [0.15, 0.2) is 73.1 Å². The van der Waals surface area contributed by atoms with Gasteiger partial charge in [0, 0.05) is 35.5 Å². The molecule has 41 heavy (non-hydrogen) atoms. The fourth-order valence-electron chi connectivity index (χ4n) is 3.38. The number of aromatic nitrogens is 2. The smallest absolute Gasteiger partial charge is 0.118 e. The van der Waals surface area contributed by atoms with Crippen LogP contribution < -0.4 is 9.47 Å². The van der Waals surface area contributed by atoms with Crippen molar-refractivity contribution >= 4 is 39.1 Å². The second-order valence-electron chi connectivity index (χ2n) is 8.70. The van der Waals surface area contributed by atoms with Crippen LogP contribution in [-0.2, 0) is 18.0 Å². The zero-order chi connectivity index (χ0) is 30.0. The monoisotopic (exact) mass is 662 g/mol. The van der Waals surface area contributed by atoms with Crippen molar-refractivity contribution in [3.63, 3.8) is 0 Å². The van der Waals surface area contributed by atoms with Gasteiger partial charge in [0.05, 0.1) is 48.9 Å². The van der Waals surface area contributed by atoms with E-state index in [9.17, 15) is 0 Å². The first-order valence-corrected chi connectivity index (χ1v) is 15.1. The average Bonchev–Trinajstić information content (AvgIpc) is 3.02. The van der Waals surface area contributed by atoms with Crippen molar-refractivity contribution in [2.75, 3.05) is 26.2 Å². The number of halogens is 3. The van der Waals surface area contributed by atoms with Gasteiger partial charge in [0.2, 0.25) is 0 Å². The van der Waals surface area contributed by atoms with Gasteiger partial charge in [-0.05, 0) is 84.6 Å². The van der Waals surface area contributed by atoms with Crippen molar-refractivity contribution in [3.8, 4) is 34.0 Å². The molecule has 4 aromatic rings. The van der Waals surface area contributed by atoms with Crippen molar-refractivity contribution in [1.82, 2.24) is 9.97 Å². The summed E-state index contributed by atoms with van der Waals surface area (Å²) in [5.41, 5.74) is 5.05. The maximum Gasteiger partial charge on any atom is 0.118 e. The van der Waals surface area contributed by atoms with Crippen molar-refractivity contribution in [2.24, 2.45) is 0 Å². The van der Waals surface area contributed by atoms with Crippen LogP contribution in [-0.4, -0.2) is 41.2 Å². The Morgan fingerprint density at radius 2 is 1.17 bits per heavy atom. The summed E-state index contributed by atoms with van der Waals surface area (Å²) in [5, 5.41) is 11.3. The summed E-state index contributed by atoms with van der Waals surface area (Å²) >= 11 is 15.7. The van der Waals surface area contributed by atoms with Crippen LogP contribution in [0.3, 0.4) is 0 Å². The highest BCUT2D eigenvalue weighted by Crippen LogP contribution is 2.29. The Labute approximate surface area is 261 Å². The summed E-state index contributed by atoms with van der Waals surface area (Å²) in [6, 6.07) is 18.8. The minimum atomic E-state index is -0.0599. The topological polar surface area (TPSA) is 73.7 Å². The van der Waals surface area contributed by atoms with Gasteiger partial charge < -0.3 is 19.3 Å². The Morgan fingerprint density at radius 3 is 1.54 bits per heavy atom. The van der Waals surface area contributed by atoms with E-state index in [1.807, 2.05) is 54.6 Å². The standard InChI is InChI=1S/C16H18ClNO2.C13H12ClNO2.C3H7Br/c1-3-8-20-11-12-9-15(17)16(18-10-12)13-4-6-14(19-2)7-5-13;1-17-11-4-2-10(3-5-11)13-12(14)6-9(8-16)7-15-13;1-2-3-4/h4-7,9-10H,3,8,11H2,1-2H3;2-7,16H,8H2,1H3;2-3H2,1H3. The van der Waals surface area contributed by atoms with Gasteiger partial charge in [-0.3, -0.25) is 9.97 Å². The van der Waals surface area contributed by atoms with E-state index in [-0.39, 0.29) is 6.61 Å². The molecule has 0 aliphatic heterocycles. The first-order valence-electron chi connectivity index (χ1n) is 13.2. The molecule has 2 heterocycles. The molecule has 0 aliphatic carbocycles. The van der Waals surface area contributed by atoms with Gasteiger partial charge in [-0.1, -0.05) is 53.0 Å². The number of pyridine rings is 2. The van der Waals surface area contributed by atoms with Crippen LogP contribution in [0.5, 0.6) is 11.5 Å². The molecule has 0 saturated carbocycles. The van der Waals surface area contributed by atoms with E-state index in [4.69, 9.17) is 42.5 Å². The minimum Gasteiger partial charge on any atom is -0.497 e. The predicted molar refractivity (Wildman–Crippen MR) is 172 cm³/mol. The third kappa shape index (κ3) is 11.6. The van der Waals surface area contributed by atoms with Gasteiger partial charge in [0.1, 0.15) is 11.5 Å². The molecule has 4 rings (SSSR count). The largest absolute Gasteiger partial charge is 0.497 e. The molecular weight excluding hydrogens is 627 g/mol. The molecule has 0 atom stereocenters. The number of nitrogens with zero attached hydrogens (tertiary/aromatic N) is 2. The lowest BCUT2D eigenvalue weighted by Crippen LogP contribution is -1.96. The molecule has 0 bridgehead atoms. The molecule has 0 fully saturated rings. The molecule has 0 spiro atoms. The first kappa shape index (κ1) is 34.5. The van der Waals surface area contributed by atoms with Crippen LogP contribution in [0.4, 0.5) is 0 Å². The summed E-state index contributed by atoms with van der Waals surface area (Å²) < 4.78 is 15.7. The highest BCUT2D eigenvalue weighted by Gasteiger charge is 2.08. The van der Waals surface area contributed by atoms with E-state index >= 15 is 0 Å². The molecule has 220 valence electrons. The van der Waals surface area contributed by atoms with E-state index in [1.54, 1.807) is 32.7 Å². The number of aliphatic hydroxyl groups excluding tert-OH is 1. The average molecular weight is 664 g/mol. The van der Waals surface area contributed by atoms with E-state index in [1.165, 1.54) is 6.42 Å². The molecule has 6 nitrogen and oxygen atoms in total. The Kier molecular flexibility index (Phi) is 16.4. The van der Waals surface area contributed by atoms with Gasteiger partial charge >= 0.3 is 0 Å². The summed E-state index contributed by atoms with van der Waals surface area (Å²) in [4.78, 5) is 8.67. The molecule has 9 heteroatoms. The van der Waals surface area contributed by atoms with Crippen LogP contribution in [0.1, 0.15) is 37.8 Å². The Balaban J connectivity index is 0.000000256. The predicted octanol–water partition coefficient (Wildman–Crippen LogP) is 9.03. The maximum atomic E-state index is 8.98. The van der Waals surface area contributed by atoms with Crippen molar-refractivity contribution < 1.29 is 19.3 Å². The Hall–Kier alpha value is -2.68. The minimum absolute atomic E-state index is 0.0599. The van der Waals surface area contributed by atoms with Crippen molar-refractivity contribution in [2.45, 2.75) is 39.9 Å². The molecule has 0 aliphatic rings. The number of benzene rings is 2. The quantitative estimate of drug-likeness (QED) is 0.135. The number of ether oxygens (including phenoxy) is 3. The van der Waals surface area contributed by atoms with Gasteiger partial charge in [0.15, 0.2) is 0 Å². The van der Waals surface area contributed by atoms with Gasteiger partial charge in [0.25, 0.3) is 0 Å². The number of hydrogen-bond acceptors (Lipinski definition) is 6. The number of methoxy groups -OCH3 is 2. The Bertz CT molecular complexity index is 1300. The van der Waals surface area contributed by atoms with Crippen LogP contribution in [0, 0.1) is 0 Å². The number of alkyl halides is 1. The van der Waals surface area contributed by atoms with Crippen LogP contribution in [0.2, 0.25) is 10.0 Å². The van der Waals surface area contributed by atoms with E-state index in [0.29, 0.717) is 27.9 Å². The van der Waals surface area contributed by atoms with Gasteiger partial charge in [-0.15, -0.1) is 0 Å². The van der Waals surface area contributed by atoms with E-state index in [0.717, 1.165) is 52.2 Å². The molecule has 0 amide bonds. The molecule has 2 aromatic heterocycles. The van der Waals surface area contributed by atoms with E-state index < -0.39 is 0 Å². The lowest BCUT2D eigenvalue weighted by molar-refractivity contribution is 0.121. The third-order valence-electron chi connectivity index (χ3n) is 5.51. The Morgan fingerprint density at radius 1 is 0.732 bits per heavy atom. The van der Waals surface area contributed by atoms with Gasteiger partial charge in [-0.2, -0.15) is 0 Å². The molecule has 0 radical (unpaired) electrons.